The summed E-state index contributed by atoms with van der Waals surface area (Å²) in [6.07, 6.45) is 1.90. The Kier molecular flexibility index (Phi) is 7.87. The molecule has 5 aromatic rings. The molecule has 0 aliphatic rings. The number of rotatable bonds is 8. The fraction of sp³-hybridized carbons (Fsp3) is 0.147. The van der Waals surface area contributed by atoms with Crippen molar-refractivity contribution in [1.29, 1.82) is 0 Å². The molecule has 0 saturated carbocycles. The number of amides is 1. The smallest absolute Gasteiger partial charge is 0.337 e. The highest BCUT2D eigenvalue weighted by atomic mass is 16.5. The lowest BCUT2D eigenvalue weighted by atomic mass is 10.0. The number of fused-ring (bicyclic) bond motifs is 1. The molecule has 0 fully saturated rings. The van der Waals surface area contributed by atoms with Crippen LogP contribution in [0.25, 0.3) is 21.9 Å². The van der Waals surface area contributed by atoms with E-state index < -0.39 is 5.97 Å². The van der Waals surface area contributed by atoms with Crippen molar-refractivity contribution in [3.63, 3.8) is 0 Å². The Morgan fingerprint density at radius 3 is 2.25 bits per heavy atom. The second kappa shape index (κ2) is 11.8. The second-order valence-corrected chi connectivity index (χ2v) is 9.59. The van der Waals surface area contributed by atoms with Crippen LogP contribution in [-0.2, 0) is 22.5 Å². The van der Waals surface area contributed by atoms with Crippen molar-refractivity contribution in [2.75, 3.05) is 19.1 Å². The summed E-state index contributed by atoms with van der Waals surface area (Å²) in [6.45, 7) is 2.37. The van der Waals surface area contributed by atoms with Gasteiger partial charge in [-0.15, -0.1) is 0 Å². The van der Waals surface area contributed by atoms with Gasteiger partial charge < -0.3 is 9.47 Å². The van der Waals surface area contributed by atoms with Crippen LogP contribution >= 0.6 is 0 Å². The van der Waals surface area contributed by atoms with E-state index in [0.717, 1.165) is 44.3 Å². The summed E-state index contributed by atoms with van der Waals surface area (Å²) in [5, 5.41) is 1.58. The molecule has 0 unspecified atom stereocenters. The third kappa shape index (κ3) is 5.71. The molecule has 40 heavy (non-hydrogen) atoms. The Bertz CT molecular complexity index is 1660. The molecule has 0 aliphatic heterocycles. The summed E-state index contributed by atoms with van der Waals surface area (Å²) < 4.78 is 10.3. The van der Waals surface area contributed by atoms with Crippen LogP contribution in [-0.4, -0.2) is 31.1 Å². The summed E-state index contributed by atoms with van der Waals surface area (Å²) in [6, 6.07) is 31.1. The molecule has 1 amide bonds. The number of esters is 1. The van der Waals surface area contributed by atoms with E-state index in [1.54, 1.807) is 30.3 Å². The Balaban J connectivity index is 1.49. The molecule has 5 rings (SSSR count). The first-order valence-electron chi connectivity index (χ1n) is 13.0. The average molecular weight is 531 g/mol. The van der Waals surface area contributed by atoms with Gasteiger partial charge in [-0.25, -0.2) is 9.78 Å². The average Bonchev–Trinajstić information content (AvgIpc) is 2.99. The van der Waals surface area contributed by atoms with Crippen molar-refractivity contribution in [3.8, 4) is 16.9 Å². The molecular formula is C34H30N2O4. The summed E-state index contributed by atoms with van der Waals surface area (Å²) >= 11 is 0. The fourth-order valence-electron chi connectivity index (χ4n) is 4.81. The van der Waals surface area contributed by atoms with Crippen molar-refractivity contribution >= 4 is 28.5 Å². The molecule has 4 aromatic carbocycles. The predicted octanol–water partition coefficient (Wildman–Crippen LogP) is 6.78. The van der Waals surface area contributed by atoms with Gasteiger partial charge in [0.15, 0.2) is 0 Å². The van der Waals surface area contributed by atoms with Crippen LogP contribution in [0.5, 0.6) is 5.75 Å². The maximum Gasteiger partial charge on any atom is 0.337 e. The number of hydrogen-bond acceptors (Lipinski definition) is 5. The van der Waals surface area contributed by atoms with Gasteiger partial charge in [-0.2, -0.15) is 0 Å². The zero-order valence-corrected chi connectivity index (χ0v) is 22.8. The van der Waals surface area contributed by atoms with Gasteiger partial charge in [0.05, 0.1) is 32.7 Å². The van der Waals surface area contributed by atoms with E-state index in [0.29, 0.717) is 17.9 Å². The number of benzene rings is 4. The van der Waals surface area contributed by atoms with Crippen LogP contribution in [0.1, 0.15) is 27.0 Å². The Morgan fingerprint density at radius 2 is 1.55 bits per heavy atom. The number of aryl methyl sites for hydroxylation is 1. The molecule has 0 bridgehead atoms. The van der Waals surface area contributed by atoms with Crippen LogP contribution in [0, 0.1) is 6.92 Å². The predicted molar refractivity (Wildman–Crippen MR) is 158 cm³/mol. The SMILES string of the molecule is COC(=O)c1ccc2c(N(Cc3ccc(-c4ccc(OC)c(C)c4)cc3)C(=O)Cc3ccccc3)nccc2c1. The summed E-state index contributed by atoms with van der Waals surface area (Å²) in [4.78, 5) is 32.2. The zero-order chi connectivity index (χ0) is 28.1. The van der Waals surface area contributed by atoms with Gasteiger partial charge in [0.2, 0.25) is 5.91 Å². The molecule has 1 heterocycles. The normalized spacial score (nSPS) is 10.8. The minimum Gasteiger partial charge on any atom is -0.496 e. The molecule has 6 nitrogen and oxygen atoms in total. The molecular weight excluding hydrogens is 500 g/mol. The minimum absolute atomic E-state index is 0.0712. The van der Waals surface area contributed by atoms with E-state index in [1.807, 2.05) is 73.7 Å². The highest BCUT2D eigenvalue weighted by Crippen LogP contribution is 2.29. The molecule has 1 aromatic heterocycles. The molecule has 6 heteroatoms. The van der Waals surface area contributed by atoms with E-state index in [4.69, 9.17) is 9.47 Å². The third-order valence-corrected chi connectivity index (χ3v) is 6.94. The zero-order valence-electron chi connectivity index (χ0n) is 22.8. The monoisotopic (exact) mass is 530 g/mol. The summed E-state index contributed by atoms with van der Waals surface area (Å²) in [5.74, 6) is 0.918. The lowest BCUT2D eigenvalue weighted by Crippen LogP contribution is -2.32. The number of aromatic nitrogens is 1. The molecule has 0 radical (unpaired) electrons. The highest BCUT2D eigenvalue weighted by Gasteiger charge is 2.21. The van der Waals surface area contributed by atoms with Gasteiger partial charge in [0.25, 0.3) is 0 Å². The quantitative estimate of drug-likeness (QED) is 0.207. The number of ether oxygens (including phenoxy) is 2. The van der Waals surface area contributed by atoms with Gasteiger partial charge >= 0.3 is 5.97 Å². The number of nitrogens with zero attached hydrogens (tertiary/aromatic N) is 2. The van der Waals surface area contributed by atoms with E-state index in [-0.39, 0.29) is 12.3 Å². The first kappa shape index (κ1) is 26.6. The van der Waals surface area contributed by atoms with E-state index in [9.17, 15) is 9.59 Å². The number of methoxy groups -OCH3 is 2. The number of carbonyl (C=O) groups excluding carboxylic acids is 2. The standard InChI is InChI=1S/C34H30N2O4/c1-23-19-27(14-16-31(23)39-2)26-11-9-25(10-12-26)22-36(32(37)20-24-7-5-4-6-8-24)33-30-15-13-29(34(38)40-3)21-28(30)17-18-35-33/h4-19,21H,20,22H2,1-3H3. The fourth-order valence-corrected chi connectivity index (χ4v) is 4.81. The van der Waals surface area contributed by atoms with Crippen LogP contribution < -0.4 is 9.64 Å². The first-order chi connectivity index (χ1) is 19.5. The molecule has 0 aliphatic carbocycles. The van der Waals surface area contributed by atoms with Crippen LogP contribution in [0.2, 0.25) is 0 Å². The Labute approximate surface area is 233 Å². The number of hydrogen-bond donors (Lipinski definition) is 0. The largest absolute Gasteiger partial charge is 0.496 e. The van der Waals surface area contributed by atoms with E-state index in [2.05, 4.69) is 23.2 Å². The Hall–Kier alpha value is -4.97. The van der Waals surface area contributed by atoms with Crippen molar-refractivity contribution in [1.82, 2.24) is 4.98 Å². The van der Waals surface area contributed by atoms with Gasteiger partial charge in [-0.05, 0) is 76.5 Å². The van der Waals surface area contributed by atoms with Crippen molar-refractivity contribution in [2.45, 2.75) is 19.9 Å². The number of anilines is 1. The van der Waals surface area contributed by atoms with Gasteiger partial charge in [-0.1, -0.05) is 60.7 Å². The van der Waals surface area contributed by atoms with Crippen LogP contribution in [0.3, 0.4) is 0 Å². The van der Waals surface area contributed by atoms with E-state index in [1.165, 1.54) is 7.11 Å². The first-order valence-corrected chi connectivity index (χ1v) is 13.0. The van der Waals surface area contributed by atoms with Crippen molar-refractivity contribution in [3.05, 3.63) is 126 Å². The lowest BCUT2D eigenvalue weighted by Gasteiger charge is -2.24. The summed E-state index contributed by atoms with van der Waals surface area (Å²) in [5.41, 5.74) is 5.59. The van der Waals surface area contributed by atoms with Gasteiger partial charge in [-0.3, -0.25) is 9.69 Å². The molecule has 0 saturated heterocycles. The van der Waals surface area contributed by atoms with Gasteiger partial charge in [0, 0.05) is 11.6 Å². The lowest BCUT2D eigenvalue weighted by molar-refractivity contribution is -0.118. The maximum absolute atomic E-state index is 13.8. The van der Waals surface area contributed by atoms with Gasteiger partial charge in [0.1, 0.15) is 11.6 Å². The minimum atomic E-state index is -0.413. The van der Waals surface area contributed by atoms with Crippen molar-refractivity contribution in [2.24, 2.45) is 0 Å². The third-order valence-electron chi connectivity index (χ3n) is 6.94. The maximum atomic E-state index is 13.8. The van der Waals surface area contributed by atoms with Crippen LogP contribution in [0.15, 0.2) is 103 Å². The topological polar surface area (TPSA) is 68.7 Å². The summed E-state index contributed by atoms with van der Waals surface area (Å²) in [7, 11) is 3.03. The number of pyridine rings is 1. The van der Waals surface area contributed by atoms with E-state index >= 15 is 0 Å². The molecule has 200 valence electrons. The molecule has 0 spiro atoms. The van der Waals surface area contributed by atoms with Crippen molar-refractivity contribution < 1.29 is 19.1 Å². The van der Waals surface area contributed by atoms with Crippen LogP contribution in [0.4, 0.5) is 5.82 Å². The molecule has 0 N–H and O–H groups in total. The molecule has 0 atom stereocenters. The number of carbonyl (C=O) groups is 2. The highest BCUT2D eigenvalue weighted by molar-refractivity contribution is 6.04. The Morgan fingerprint density at radius 1 is 0.800 bits per heavy atom. The second-order valence-electron chi connectivity index (χ2n) is 9.59.